The van der Waals surface area contributed by atoms with Crippen LogP contribution in [0.2, 0.25) is 0 Å². The highest BCUT2D eigenvalue weighted by Crippen LogP contribution is 2.39. The van der Waals surface area contributed by atoms with Crippen LogP contribution in [0.15, 0.2) is 48.7 Å². The molecule has 4 atom stereocenters. The van der Waals surface area contributed by atoms with Crippen LogP contribution in [0.1, 0.15) is 84.0 Å². The highest BCUT2D eigenvalue weighted by atomic mass is 32.1. The number of carbonyl (C=O) groups is 4. The van der Waals surface area contributed by atoms with Gasteiger partial charge in [-0.05, 0) is 72.7 Å². The minimum absolute atomic E-state index is 0.0285. The zero-order valence-corrected chi connectivity index (χ0v) is 32.4. The number of aromatic amines is 2. The van der Waals surface area contributed by atoms with Gasteiger partial charge in [0.05, 0.1) is 47.0 Å². The number of thiophene rings is 1. The van der Waals surface area contributed by atoms with Crippen molar-refractivity contribution < 1.29 is 23.9 Å². The van der Waals surface area contributed by atoms with Gasteiger partial charge in [0.25, 0.3) is 0 Å². The van der Waals surface area contributed by atoms with Crippen LogP contribution >= 0.6 is 11.3 Å². The maximum Gasteiger partial charge on any atom is 0.407 e. The summed E-state index contributed by atoms with van der Waals surface area (Å²) in [4.78, 5) is 73.6. The second-order valence-electron chi connectivity index (χ2n) is 15.0. The average molecular weight is 753 g/mol. The van der Waals surface area contributed by atoms with Gasteiger partial charge >= 0.3 is 6.09 Å². The monoisotopic (exact) mass is 752 g/mol. The van der Waals surface area contributed by atoms with Crippen molar-refractivity contribution in [2.24, 2.45) is 11.8 Å². The third-order valence-corrected chi connectivity index (χ3v) is 11.8. The second-order valence-corrected chi connectivity index (χ2v) is 16.1. The summed E-state index contributed by atoms with van der Waals surface area (Å²) in [6.07, 6.45) is 4.53. The quantitative estimate of drug-likeness (QED) is 0.123. The van der Waals surface area contributed by atoms with E-state index in [1.54, 1.807) is 11.3 Å². The number of alkyl carbamates (subject to hydrolysis) is 1. The van der Waals surface area contributed by atoms with E-state index in [0.29, 0.717) is 13.1 Å². The molecule has 2 aliphatic heterocycles. The molecule has 0 spiro atoms. The Labute approximate surface area is 318 Å². The van der Waals surface area contributed by atoms with E-state index in [1.165, 1.54) is 14.0 Å². The van der Waals surface area contributed by atoms with Crippen LogP contribution in [0, 0.1) is 11.8 Å². The number of hydrogen-bond acceptors (Lipinski definition) is 8. The van der Waals surface area contributed by atoms with Crippen molar-refractivity contribution in [1.82, 2.24) is 40.4 Å². The molecule has 54 heavy (non-hydrogen) atoms. The molecular formula is C40H48N8O5S. The number of ether oxygens (including phenoxy) is 1. The van der Waals surface area contributed by atoms with Crippen LogP contribution in [0.25, 0.3) is 42.8 Å². The Morgan fingerprint density at radius 3 is 2.13 bits per heavy atom. The number of fused-ring (bicyclic) bond motifs is 3. The third-order valence-electron chi connectivity index (χ3n) is 10.6. The number of amides is 4. The summed E-state index contributed by atoms with van der Waals surface area (Å²) in [6, 6.07) is 13.1. The number of benzene rings is 2. The number of likely N-dealkylation sites (tertiary alicyclic amines) is 2. The van der Waals surface area contributed by atoms with Crippen molar-refractivity contribution in [3.63, 3.8) is 0 Å². The van der Waals surface area contributed by atoms with E-state index in [9.17, 15) is 19.2 Å². The number of rotatable bonds is 10. The van der Waals surface area contributed by atoms with E-state index in [-0.39, 0.29) is 41.6 Å². The lowest BCUT2D eigenvalue weighted by Crippen LogP contribution is -2.51. The molecule has 3 aromatic heterocycles. The fourth-order valence-electron chi connectivity index (χ4n) is 7.82. The SMILES string of the molecule is COC(=O)N[C@H](C(=O)N1CCC[C@H]1c1nc2c(ccc3cc(-c4ccc(-c5cnc([C@@H]6CCCN6C(=O)[C@@H](NC(C)=O)C(C)C)[nH]5)s4)ccc32)[nH]1)C(C)C. The molecule has 7 rings (SSSR count). The summed E-state index contributed by atoms with van der Waals surface area (Å²) >= 11 is 1.67. The van der Waals surface area contributed by atoms with Gasteiger partial charge in [0.15, 0.2) is 0 Å². The summed E-state index contributed by atoms with van der Waals surface area (Å²) < 4.78 is 4.78. The molecule has 284 valence electrons. The molecule has 0 bridgehead atoms. The van der Waals surface area contributed by atoms with Crippen LogP contribution in [-0.4, -0.2) is 85.8 Å². The lowest BCUT2D eigenvalue weighted by molar-refractivity contribution is -0.138. The normalized spacial score (nSPS) is 18.5. The van der Waals surface area contributed by atoms with E-state index in [0.717, 1.165) is 80.1 Å². The molecule has 0 unspecified atom stereocenters. The molecule has 5 aromatic rings. The molecule has 0 aliphatic carbocycles. The number of aromatic nitrogens is 4. The van der Waals surface area contributed by atoms with Crippen LogP contribution in [0.3, 0.4) is 0 Å². The topological polar surface area (TPSA) is 165 Å². The first kappa shape index (κ1) is 37.1. The Kier molecular flexibility index (Phi) is 10.5. The largest absolute Gasteiger partial charge is 0.453 e. The van der Waals surface area contributed by atoms with Crippen LogP contribution in [0.4, 0.5) is 4.79 Å². The molecule has 4 amide bonds. The first-order valence-electron chi connectivity index (χ1n) is 18.7. The van der Waals surface area contributed by atoms with Gasteiger partial charge in [-0.25, -0.2) is 14.8 Å². The number of methoxy groups -OCH3 is 1. The number of nitrogens with one attached hydrogen (secondary N) is 4. The number of nitrogens with zero attached hydrogens (tertiary/aromatic N) is 4. The van der Waals surface area contributed by atoms with E-state index in [1.807, 2.05) is 49.8 Å². The summed E-state index contributed by atoms with van der Waals surface area (Å²) in [5.74, 6) is 0.945. The van der Waals surface area contributed by atoms with Crippen LogP contribution < -0.4 is 10.6 Å². The summed E-state index contributed by atoms with van der Waals surface area (Å²) in [7, 11) is 1.29. The van der Waals surface area contributed by atoms with Crippen LogP contribution in [-0.2, 0) is 19.1 Å². The van der Waals surface area contributed by atoms with Gasteiger partial charge in [-0.15, -0.1) is 11.3 Å². The van der Waals surface area contributed by atoms with E-state index in [2.05, 4.69) is 57.0 Å². The molecule has 2 aromatic carbocycles. The molecular weight excluding hydrogens is 705 g/mol. The Bertz CT molecular complexity index is 2200. The molecule has 2 aliphatic rings. The zero-order chi connectivity index (χ0) is 38.3. The molecule has 2 fully saturated rings. The fraction of sp³-hybridized carbons (Fsp3) is 0.450. The molecule has 0 radical (unpaired) electrons. The number of imidazole rings is 2. The van der Waals surface area contributed by atoms with E-state index < -0.39 is 18.2 Å². The predicted octanol–water partition coefficient (Wildman–Crippen LogP) is 6.70. The van der Waals surface area contributed by atoms with Gasteiger partial charge in [0.1, 0.15) is 23.7 Å². The van der Waals surface area contributed by atoms with Crippen molar-refractivity contribution in [2.45, 2.75) is 84.5 Å². The molecule has 14 heteroatoms. The lowest BCUT2D eigenvalue weighted by Gasteiger charge is -2.30. The summed E-state index contributed by atoms with van der Waals surface area (Å²) in [5, 5.41) is 7.63. The van der Waals surface area contributed by atoms with Gasteiger partial charge < -0.3 is 35.1 Å². The maximum atomic E-state index is 13.7. The smallest absolute Gasteiger partial charge is 0.407 e. The summed E-state index contributed by atoms with van der Waals surface area (Å²) in [5.41, 5.74) is 3.75. The van der Waals surface area contributed by atoms with E-state index in [4.69, 9.17) is 14.7 Å². The summed E-state index contributed by atoms with van der Waals surface area (Å²) in [6.45, 7) is 10.4. The number of H-pyrrole nitrogens is 2. The Balaban J connectivity index is 1.09. The van der Waals surface area contributed by atoms with Gasteiger partial charge in [-0.1, -0.05) is 45.9 Å². The van der Waals surface area contributed by atoms with Crippen molar-refractivity contribution in [3.8, 4) is 21.0 Å². The fourth-order valence-corrected chi connectivity index (χ4v) is 8.79. The molecule has 13 nitrogen and oxygen atoms in total. The van der Waals surface area contributed by atoms with Crippen molar-refractivity contribution in [3.05, 3.63) is 60.3 Å². The number of carbonyl (C=O) groups excluding carboxylic acids is 4. The first-order chi connectivity index (χ1) is 25.9. The zero-order valence-electron chi connectivity index (χ0n) is 31.6. The van der Waals surface area contributed by atoms with Gasteiger partial charge in [0, 0.05) is 30.3 Å². The van der Waals surface area contributed by atoms with Crippen molar-refractivity contribution in [1.29, 1.82) is 0 Å². The molecule has 2 saturated heterocycles. The van der Waals surface area contributed by atoms with Crippen molar-refractivity contribution in [2.75, 3.05) is 20.2 Å². The highest BCUT2D eigenvalue weighted by molar-refractivity contribution is 7.18. The molecule has 5 heterocycles. The molecule has 0 saturated carbocycles. The number of hydrogen-bond donors (Lipinski definition) is 4. The minimum Gasteiger partial charge on any atom is -0.453 e. The Morgan fingerprint density at radius 1 is 0.833 bits per heavy atom. The van der Waals surface area contributed by atoms with Gasteiger partial charge in [0.2, 0.25) is 17.7 Å². The maximum absolute atomic E-state index is 13.7. The third kappa shape index (κ3) is 7.18. The predicted molar refractivity (Wildman–Crippen MR) is 208 cm³/mol. The minimum atomic E-state index is -0.692. The first-order valence-corrected chi connectivity index (χ1v) is 19.6. The average Bonchev–Trinajstić information content (AvgIpc) is 3.99. The van der Waals surface area contributed by atoms with Gasteiger partial charge in [-0.2, -0.15) is 0 Å². The lowest BCUT2D eigenvalue weighted by atomic mass is 10.0. The van der Waals surface area contributed by atoms with Crippen LogP contribution in [0.5, 0.6) is 0 Å². The van der Waals surface area contributed by atoms with Crippen molar-refractivity contribution >= 4 is 57.0 Å². The van der Waals surface area contributed by atoms with E-state index >= 15 is 0 Å². The second kappa shape index (κ2) is 15.2. The van der Waals surface area contributed by atoms with Gasteiger partial charge in [-0.3, -0.25) is 14.4 Å². The molecule has 4 N–H and O–H groups in total. The Hall–Kier alpha value is -5.24. The highest BCUT2D eigenvalue weighted by Gasteiger charge is 2.39. The Morgan fingerprint density at radius 2 is 1.48 bits per heavy atom. The standard InChI is InChI=1S/C40H48N8O5S/c1-21(2)33(42-23(5)49)38(50)47-17-7-9-29(47)36-41-20-28(44-36)32-16-15-31(54-32)25-11-13-26-24(19-25)12-14-27-35(26)45-37(43-27)30-10-8-18-48(30)39(51)34(22(3)4)46-40(52)53-6/h11-16,19-22,29-30,33-34H,7-10,17-18H2,1-6H3,(H,41,44)(H,42,49)(H,43,45)(H,46,52)/t29-,30-,33-,34-/m0/s1.